The quantitative estimate of drug-likeness (QED) is 0.663. The summed E-state index contributed by atoms with van der Waals surface area (Å²) < 4.78 is 42.3. The van der Waals surface area contributed by atoms with Crippen LogP contribution in [0.3, 0.4) is 0 Å². The molecule has 30 heavy (non-hydrogen) atoms. The van der Waals surface area contributed by atoms with E-state index in [-0.39, 0.29) is 30.4 Å². The fourth-order valence-corrected chi connectivity index (χ4v) is 4.07. The van der Waals surface area contributed by atoms with E-state index in [4.69, 9.17) is 0 Å². The number of carbonyl (C=O) groups excluding carboxylic acids is 1. The highest BCUT2D eigenvalue weighted by Crippen LogP contribution is 2.39. The molecule has 4 rings (SSSR count). The molecule has 2 aromatic carbocycles. The molecule has 0 radical (unpaired) electrons. The Morgan fingerprint density at radius 2 is 1.93 bits per heavy atom. The first-order valence-corrected chi connectivity index (χ1v) is 9.88. The monoisotopic (exact) mass is 417 g/mol. The Bertz CT molecular complexity index is 1060. The van der Waals surface area contributed by atoms with E-state index in [1.54, 1.807) is 28.8 Å². The molecule has 0 spiro atoms. The molecule has 1 aliphatic rings. The van der Waals surface area contributed by atoms with E-state index in [1.165, 1.54) is 18.5 Å². The number of Topliss-reactive ketones (excluding diaryl/α,β-unsaturated/α-hetero) is 1. The lowest BCUT2D eigenvalue weighted by molar-refractivity contribution is -0.137. The number of benzene rings is 2. The first-order chi connectivity index (χ1) is 14.3. The van der Waals surface area contributed by atoms with Crippen LogP contribution in [0.2, 0.25) is 0 Å². The van der Waals surface area contributed by atoms with E-state index in [0.29, 0.717) is 23.0 Å². The molecule has 1 fully saturated rings. The molecule has 2 atom stereocenters. The smallest absolute Gasteiger partial charge is 0.391 e. The number of ketones is 1. The van der Waals surface area contributed by atoms with Crippen LogP contribution in [0.15, 0.2) is 48.8 Å². The highest BCUT2D eigenvalue weighted by molar-refractivity contribution is 5.94. The highest BCUT2D eigenvalue weighted by Gasteiger charge is 2.34. The lowest BCUT2D eigenvalue weighted by atomic mass is 9.96. The maximum Gasteiger partial charge on any atom is 0.417 e. The lowest BCUT2D eigenvalue weighted by Crippen LogP contribution is -2.46. The van der Waals surface area contributed by atoms with Gasteiger partial charge in [-0.3, -0.25) is 4.79 Å². The van der Waals surface area contributed by atoms with E-state index < -0.39 is 17.8 Å². The number of rotatable bonds is 5. The number of aliphatic hydroxyl groups excluding tert-OH is 1. The van der Waals surface area contributed by atoms with Gasteiger partial charge in [-0.15, -0.1) is 0 Å². The third-order valence-corrected chi connectivity index (χ3v) is 5.50. The number of piperidine rings is 1. The Hall–Kier alpha value is -2.71. The third-order valence-electron chi connectivity index (χ3n) is 5.50. The van der Waals surface area contributed by atoms with Crippen LogP contribution in [-0.4, -0.2) is 39.1 Å². The van der Waals surface area contributed by atoms with Crippen LogP contribution >= 0.6 is 0 Å². The Balaban J connectivity index is 1.68. The first kappa shape index (κ1) is 20.6. The minimum Gasteiger partial charge on any atom is -0.391 e. The maximum absolute atomic E-state index is 13.6. The van der Waals surface area contributed by atoms with E-state index in [2.05, 4.69) is 10.3 Å². The molecule has 158 valence electrons. The molecule has 3 aromatic rings. The lowest BCUT2D eigenvalue weighted by Gasteiger charge is -2.28. The van der Waals surface area contributed by atoms with E-state index >= 15 is 0 Å². The number of nitrogens with zero attached hydrogens (tertiary/aromatic N) is 2. The number of aromatic nitrogens is 2. The van der Waals surface area contributed by atoms with Gasteiger partial charge in [-0.05, 0) is 37.1 Å². The highest BCUT2D eigenvalue weighted by atomic mass is 19.4. The number of hydrogen-bond acceptors (Lipinski definition) is 4. The Morgan fingerprint density at radius 1 is 1.17 bits per heavy atom. The fraction of sp³-hybridized carbons (Fsp3) is 0.364. The van der Waals surface area contributed by atoms with Gasteiger partial charge in [-0.1, -0.05) is 30.3 Å². The molecule has 2 N–H and O–H groups in total. The molecule has 2 heterocycles. The zero-order valence-corrected chi connectivity index (χ0v) is 16.2. The summed E-state index contributed by atoms with van der Waals surface area (Å²) in [4.78, 5) is 16.9. The molecule has 0 saturated carbocycles. The van der Waals surface area contributed by atoms with Gasteiger partial charge in [0.25, 0.3) is 0 Å². The zero-order valence-electron chi connectivity index (χ0n) is 16.2. The van der Waals surface area contributed by atoms with Gasteiger partial charge < -0.3 is 15.0 Å². The minimum atomic E-state index is -4.50. The summed E-state index contributed by atoms with van der Waals surface area (Å²) in [5.41, 5.74) is 0.703. The first-order valence-electron chi connectivity index (χ1n) is 9.88. The summed E-state index contributed by atoms with van der Waals surface area (Å²) in [6, 6.07) is 10.1. The van der Waals surface area contributed by atoms with Crippen molar-refractivity contribution in [3.63, 3.8) is 0 Å². The summed E-state index contributed by atoms with van der Waals surface area (Å²) in [6.45, 7) is 0.730. The molecule has 1 saturated heterocycles. The second kappa shape index (κ2) is 8.20. The average molecular weight is 417 g/mol. The molecule has 0 aliphatic carbocycles. The SMILES string of the molecule is O=C(C[C@H]1NCCCC1O)Cn1cnc2cccc(-c3ccccc3C(F)(F)F)c21. The standard InChI is InChI=1S/C22H22F3N3O2/c23-22(24,25)17-7-2-1-5-15(17)16-6-3-8-18-21(16)28(13-27-18)12-14(29)11-19-20(30)9-4-10-26-19/h1-3,5-8,13,19-20,26,30H,4,9-12H2/t19-,20?/m1/s1. The van der Waals surface area contributed by atoms with Gasteiger partial charge in [-0.25, -0.2) is 4.98 Å². The Labute approximate surface area is 171 Å². The minimum absolute atomic E-state index is 0.0212. The number of alkyl halides is 3. The molecule has 1 aromatic heterocycles. The van der Waals surface area contributed by atoms with Gasteiger partial charge in [0, 0.05) is 18.0 Å². The van der Waals surface area contributed by atoms with Gasteiger partial charge in [0.05, 0.1) is 35.6 Å². The second-order valence-corrected chi connectivity index (χ2v) is 7.60. The number of hydrogen-bond donors (Lipinski definition) is 2. The van der Waals surface area contributed by atoms with Gasteiger partial charge in [0.2, 0.25) is 0 Å². The number of aliphatic hydroxyl groups is 1. The number of imidazole rings is 1. The summed E-state index contributed by atoms with van der Waals surface area (Å²) in [6.07, 6.45) is -1.93. The van der Waals surface area contributed by atoms with E-state index in [1.807, 2.05) is 0 Å². The van der Waals surface area contributed by atoms with Crippen LogP contribution < -0.4 is 5.32 Å². The molecule has 1 aliphatic heterocycles. The topological polar surface area (TPSA) is 67.2 Å². The number of carbonyl (C=O) groups is 1. The summed E-state index contributed by atoms with van der Waals surface area (Å²) in [5.74, 6) is -0.119. The summed E-state index contributed by atoms with van der Waals surface area (Å²) in [5, 5.41) is 13.2. The van der Waals surface area contributed by atoms with Gasteiger partial charge in [0.1, 0.15) is 0 Å². The van der Waals surface area contributed by atoms with Crippen LogP contribution in [0.1, 0.15) is 24.8 Å². The fourth-order valence-electron chi connectivity index (χ4n) is 4.07. The summed E-state index contributed by atoms with van der Waals surface area (Å²) >= 11 is 0. The summed E-state index contributed by atoms with van der Waals surface area (Å²) in [7, 11) is 0. The van der Waals surface area contributed by atoms with Crippen molar-refractivity contribution in [2.75, 3.05) is 6.54 Å². The normalized spacial score (nSPS) is 19.9. The van der Waals surface area contributed by atoms with Crippen LogP contribution in [0.25, 0.3) is 22.2 Å². The van der Waals surface area contributed by atoms with Crippen LogP contribution in [-0.2, 0) is 17.5 Å². The van der Waals surface area contributed by atoms with E-state index in [0.717, 1.165) is 19.0 Å². The maximum atomic E-state index is 13.6. The van der Waals surface area contributed by atoms with Crippen molar-refractivity contribution >= 4 is 16.8 Å². The van der Waals surface area contributed by atoms with Gasteiger partial charge >= 0.3 is 6.18 Å². The largest absolute Gasteiger partial charge is 0.417 e. The number of fused-ring (bicyclic) bond motifs is 1. The van der Waals surface area contributed by atoms with Gasteiger partial charge in [0.15, 0.2) is 5.78 Å². The Kier molecular flexibility index (Phi) is 5.62. The Morgan fingerprint density at radius 3 is 2.70 bits per heavy atom. The number of halogens is 3. The third kappa shape index (κ3) is 4.11. The van der Waals surface area contributed by atoms with Crippen molar-refractivity contribution in [2.45, 2.75) is 44.1 Å². The predicted molar refractivity (Wildman–Crippen MR) is 107 cm³/mol. The molecular weight excluding hydrogens is 395 g/mol. The van der Waals surface area contributed by atoms with Crippen molar-refractivity contribution in [3.05, 3.63) is 54.4 Å². The number of nitrogens with one attached hydrogen (secondary N) is 1. The zero-order chi connectivity index (χ0) is 21.3. The van der Waals surface area contributed by atoms with Crippen LogP contribution in [0.4, 0.5) is 13.2 Å². The molecule has 0 amide bonds. The second-order valence-electron chi connectivity index (χ2n) is 7.60. The molecular formula is C22H22F3N3O2. The van der Waals surface area contributed by atoms with Crippen molar-refractivity contribution in [1.29, 1.82) is 0 Å². The predicted octanol–water partition coefficient (Wildman–Crippen LogP) is 3.79. The molecule has 5 nitrogen and oxygen atoms in total. The van der Waals surface area contributed by atoms with Crippen LogP contribution in [0.5, 0.6) is 0 Å². The molecule has 8 heteroatoms. The van der Waals surface area contributed by atoms with Crippen molar-refractivity contribution < 1.29 is 23.1 Å². The average Bonchev–Trinajstić information content (AvgIpc) is 3.12. The van der Waals surface area contributed by atoms with Gasteiger partial charge in [-0.2, -0.15) is 13.2 Å². The van der Waals surface area contributed by atoms with Crippen LogP contribution in [0, 0.1) is 0 Å². The van der Waals surface area contributed by atoms with Crippen molar-refractivity contribution in [3.8, 4) is 11.1 Å². The number of para-hydroxylation sites is 1. The van der Waals surface area contributed by atoms with Crippen molar-refractivity contribution in [2.24, 2.45) is 0 Å². The van der Waals surface area contributed by atoms with E-state index in [9.17, 15) is 23.1 Å². The van der Waals surface area contributed by atoms with Crippen molar-refractivity contribution in [1.82, 2.24) is 14.9 Å². The molecule has 1 unspecified atom stereocenters. The molecule has 0 bridgehead atoms.